The molecule has 6 heteroatoms. The monoisotopic (exact) mass is 253 g/mol. The Kier molecular flexibility index (Phi) is 9.36. The van der Waals surface area contributed by atoms with E-state index in [1.54, 1.807) is 0 Å². The van der Waals surface area contributed by atoms with Crippen LogP contribution in [0.1, 0.15) is 26.2 Å². The minimum atomic E-state index is -2.11. The summed E-state index contributed by atoms with van der Waals surface area (Å²) in [4.78, 5) is 0. The van der Waals surface area contributed by atoms with Gasteiger partial charge in [0.15, 0.2) is 6.49 Å². The van der Waals surface area contributed by atoms with Crippen LogP contribution in [0.4, 0.5) is 0 Å². The largest absolute Gasteiger partial charge is 0.274 e. The first-order chi connectivity index (χ1) is 6.62. The van der Waals surface area contributed by atoms with E-state index in [-0.39, 0.29) is 0 Å². The second-order valence-corrected chi connectivity index (χ2v) is 7.75. The maximum atomic E-state index is 5.86. The van der Waals surface area contributed by atoms with Gasteiger partial charge in [-0.2, -0.15) is 0 Å². The third-order valence-corrected chi connectivity index (χ3v) is 4.29. The van der Waals surface area contributed by atoms with Crippen LogP contribution in [-0.4, -0.2) is 25.6 Å². The zero-order valence-corrected chi connectivity index (χ0v) is 11.7. The van der Waals surface area contributed by atoms with Crippen molar-refractivity contribution in [1.29, 1.82) is 0 Å². The number of unbranched alkanes of at least 4 members (excludes halogenated alkanes) is 1. The molecule has 0 aliphatic rings. The third kappa shape index (κ3) is 9.23. The van der Waals surface area contributed by atoms with E-state index in [2.05, 4.69) is 23.4 Å². The molecule has 0 heterocycles. The van der Waals surface area contributed by atoms with E-state index in [1.807, 2.05) is 6.21 Å². The molecule has 0 aromatic heterocycles. The second kappa shape index (κ2) is 8.94. The Labute approximate surface area is 94.3 Å². The predicted molar refractivity (Wildman–Crippen MR) is 73.6 cm³/mol. The van der Waals surface area contributed by atoms with Crippen molar-refractivity contribution >= 4 is 33.1 Å². The molecule has 0 aromatic carbocycles. The van der Waals surface area contributed by atoms with Crippen LogP contribution in [0.2, 0.25) is 0 Å². The molecular formula is C8H21N3P2S. The van der Waals surface area contributed by atoms with Gasteiger partial charge in [-0.25, -0.2) is 4.76 Å². The Morgan fingerprint density at radius 3 is 2.93 bits per heavy atom. The first-order valence-electron chi connectivity index (χ1n) is 4.95. The van der Waals surface area contributed by atoms with Crippen LogP contribution in [-0.2, 0) is 11.8 Å². The lowest BCUT2D eigenvalue weighted by Gasteiger charge is -2.12. The SMILES string of the molecule is CCCCNP(N)(=S)/N=C/CCPC. The van der Waals surface area contributed by atoms with Crippen LogP contribution in [0, 0.1) is 0 Å². The molecule has 84 valence electrons. The molecule has 0 rings (SSSR count). The fraction of sp³-hybridized carbons (Fsp3) is 0.875. The molecule has 0 spiro atoms. The average molecular weight is 253 g/mol. The molecule has 3 nitrogen and oxygen atoms in total. The lowest BCUT2D eigenvalue weighted by Crippen LogP contribution is -2.15. The van der Waals surface area contributed by atoms with E-state index < -0.39 is 6.49 Å². The minimum Gasteiger partial charge on any atom is -0.274 e. The maximum absolute atomic E-state index is 5.86. The van der Waals surface area contributed by atoms with Crippen LogP contribution >= 0.6 is 15.1 Å². The van der Waals surface area contributed by atoms with Crippen molar-refractivity contribution < 1.29 is 0 Å². The van der Waals surface area contributed by atoms with Crippen molar-refractivity contribution in [2.45, 2.75) is 26.2 Å². The zero-order valence-electron chi connectivity index (χ0n) is 8.99. The molecule has 0 saturated carbocycles. The standard InChI is InChI=1S/C8H21N3P2S/c1-3-4-6-10-13(9,14)11-7-5-8-12-2/h7,12H,3-6,8H2,1-2H3,(H3,9,10,14)/b11-7+. The van der Waals surface area contributed by atoms with E-state index in [1.165, 1.54) is 6.16 Å². The van der Waals surface area contributed by atoms with Crippen LogP contribution in [0.15, 0.2) is 4.76 Å². The summed E-state index contributed by atoms with van der Waals surface area (Å²) in [6.07, 6.45) is 6.34. The topological polar surface area (TPSA) is 50.4 Å². The Balaban J connectivity index is 3.70. The first kappa shape index (κ1) is 14.7. The van der Waals surface area contributed by atoms with Crippen molar-refractivity contribution in [2.24, 2.45) is 10.3 Å². The lowest BCUT2D eigenvalue weighted by molar-refractivity contribution is 0.769. The quantitative estimate of drug-likeness (QED) is 0.396. The van der Waals surface area contributed by atoms with E-state index in [0.717, 1.165) is 34.4 Å². The Morgan fingerprint density at radius 2 is 2.36 bits per heavy atom. The van der Waals surface area contributed by atoms with Crippen molar-refractivity contribution in [3.05, 3.63) is 0 Å². The van der Waals surface area contributed by atoms with Gasteiger partial charge in [0.1, 0.15) is 0 Å². The van der Waals surface area contributed by atoms with Gasteiger partial charge < -0.3 is 0 Å². The van der Waals surface area contributed by atoms with Gasteiger partial charge in [-0.1, -0.05) is 13.3 Å². The summed E-state index contributed by atoms with van der Waals surface area (Å²) < 4.78 is 4.24. The Bertz CT molecular complexity index is 209. The molecule has 0 aliphatic carbocycles. The maximum Gasteiger partial charge on any atom is 0.179 e. The highest BCUT2D eigenvalue weighted by atomic mass is 32.4. The molecule has 14 heavy (non-hydrogen) atoms. The smallest absolute Gasteiger partial charge is 0.179 e. The highest BCUT2D eigenvalue weighted by Crippen LogP contribution is 2.32. The molecule has 0 fully saturated rings. The predicted octanol–water partition coefficient (Wildman–Crippen LogP) is 2.33. The number of nitrogens with one attached hydrogen (secondary N) is 1. The summed E-state index contributed by atoms with van der Waals surface area (Å²) in [6.45, 7) is 3.11. The molecule has 0 radical (unpaired) electrons. The molecule has 2 atom stereocenters. The molecule has 2 unspecified atom stereocenters. The van der Waals surface area contributed by atoms with Gasteiger partial charge in [0, 0.05) is 12.8 Å². The fourth-order valence-corrected chi connectivity index (χ4v) is 2.65. The Morgan fingerprint density at radius 1 is 1.64 bits per heavy atom. The van der Waals surface area contributed by atoms with Crippen molar-refractivity contribution in [1.82, 2.24) is 5.09 Å². The van der Waals surface area contributed by atoms with Gasteiger partial charge >= 0.3 is 0 Å². The van der Waals surface area contributed by atoms with Crippen molar-refractivity contribution in [3.63, 3.8) is 0 Å². The normalized spacial score (nSPS) is 16.8. The molecule has 0 aliphatic heterocycles. The van der Waals surface area contributed by atoms with Crippen LogP contribution in [0.25, 0.3) is 0 Å². The van der Waals surface area contributed by atoms with Crippen LogP contribution < -0.4 is 10.6 Å². The average Bonchev–Trinajstić information content (AvgIpc) is 2.13. The molecule has 0 amide bonds. The number of nitrogens with zero attached hydrogens (tertiary/aromatic N) is 1. The van der Waals surface area contributed by atoms with E-state index in [0.29, 0.717) is 0 Å². The first-order valence-corrected chi connectivity index (χ1v) is 9.48. The number of hydrogen-bond acceptors (Lipinski definition) is 1. The highest BCUT2D eigenvalue weighted by molar-refractivity contribution is 8.11. The third-order valence-electron chi connectivity index (χ3n) is 1.65. The molecule has 0 saturated heterocycles. The van der Waals surface area contributed by atoms with Gasteiger partial charge in [0.05, 0.1) is 0 Å². The number of hydrogen-bond donors (Lipinski definition) is 2. The zero-order chi connectivity index (χ0) is 10.9. The van der Waals surface area contributed by atoms with Crippen LogP contribution in [0.5, 0.6) is 0 Å². The summed E-state index contributed by atoms with van der Waals surface area (Å²) >= 11 is 5.19. The highest BCUT2D eigenvalue weighted by Gasteiger charge is 2.04. The number of nitrogens with two attached hydrogens (primary N) is 1. The molecular weight excluding hydrogens is 232 g/mol. The van der Waals surface area contributed by atoms with E-state index in [9.17, 15) is 0 Å². The van der Waals surface area contributed by atoms with Gasteiger partial charge in [-0.3, -0.25) is 10.6 Å². The van der Waals surface area contributed by atoms with Crippen molar-refractivity contribution in [3.8, 4) is 0 Å². The summed E-state index contributed by atoms with van der Waals surface area (Å²) in [5.74, 6) is 0. The number of rotatable bonds is 8. The van der Waals surface area contributed by atoms with Gasteiger partial charge in [-0.15, -0.1) is 8.58 Å². The lowest BCUT2D eigenvalue weighted by atomic mass is 10.3. The van der Waals surface area contributed by atoms with Gasteiger partial charge in [0.25, 0.3) is 0 Å². The van der Waals surface area contributed by atoms with Gasteiger partial charge in [-0.05, 0) is 37.5 Å². The van der Waals surface area contributed by atoms with E-state index >= 15 is 0 Å². The van der Waals surface area contributed by atoms with Crippen LogP contribution in [0.3, 0.4) is 0 Å². The molecule has 0 aromatic rings. The summed E-state index contributed by atoms with van der Waals surface area (Å²) in [5.41, 5.74) is 5.86. The fourth-order valence-electron chi connectivity index (χ4n) is 0.845. The second-order valence-electron chi connectivity index (χ2n) is 3.07. The summed E-state index contributed by atoms with van der Waals surface area (Å²) in [6, 6.07) is 0. The van der Waals surface area contributed by atoms with E-state index in [4.69, 9.17) is 17.3 Å². The molecule has 0 bridgehead atoms. The molecule has 3 N–H and O–H groups in total. The van der Waals surface area contributed by atoms with Crippen molar-refractivity contribution in [2.75, 3.05) is 19.4 Å². The summed E-state index contributed by atoms with van der Waals surface area (Å²) in [5, 5.41) is 3.14. The summed E-state index contributed by atoms with van der Waals surface area (Å²) in [7, 11) is 0.978. The van der Waals surface area contributed by atoms with Gasteiger partial charge in [0.2, 0.25) is 0 Å². The minimum absolute atomic E-state index is 0.886. The Hall–Kier alpha value is 0.670.